The minimum absolute atomic E-state index is 0.0116. The van der Waals surface area contributed by atoms with Crippen molar-refractivity contribution in [3.8, 4) is 0 Å². The van der Waals surface area contributed by atoms with Crippen LogP contribution in [0.1, 0.15) is 30.8 Å². The van der Waals surface area contributed by atoms with Crippen LogP contribution in [-0.2, 0) is 9.53 Å². The van der Waals surface area contributed by atoms with Gasteiger partial charge in [0.05, 0.1) is 25.9 Å². The number of carbonyl (C=O) groups excluding carboxylic acids is 1. The number of esters is 1. The first kappa shape index (κ1) is 14.9. The van der Waals surface area contributed by atoms with E-state index in [1.165, 1.54) is 19.5 Å². The van der Waals surface area contributed by atoms with Gasteiger partial charge in [-0.3, -0.25) is 9.78 Å². The van der Waals surface area contributed by atoms with Gasteiger partial charge in [0.2, 0.25) is 0 Å². The molecule has 0 amide bonds. The Morgan fingerprint density at radius 1 is 1.42 bits per heavy atom. The third-order valence-corrected chi connectivity index (χ3v) is 2.50. The second-order valence-electron chi connectivity index (χ2n) is 4.18. The minimum atomic E-state index is -0.886. The van der Waals surface area contributed by atoms with Crippen molar-refractivity contribution < 1.29 is 19.4 Å². The van der Waals surface area contributed by atoms with E-state index in [0.29, 0.717) is 12.4 Å². The van der Waals surface area contributed by atoms with Crippen molar-refractivity contribution in [2.75, 3.05) is 18.6 Å². The molecule has 1 aromatic heterocycles. The van der Waals surface area contributed by atoms with Crippen molar-refractivity contribution in [2.24, 2.45) is 0 Å². The van der Waals surface area contributed by atoms with Crippen molar-refractivity contribution >= 4 is 17.8 Å². The molecule has 0 saturated heterocycles. The average molecular weight is 267 g/mol. The smallest absolute Gasteiger partial charge is 0.358 e. The number of methoxy groups -OCH3 is 1. The van der Waals surface area contributed by atoms with Gasteiger partial charge in [0, 0.05) is 12.6 Å². The van der Waals surface area contributed by atoms with Crippen molar-refractivity contribution in [3.05, 3.63) is 18.1 Å². The summed E-state index contributed by atoms with van der Waals surface area (Å²) < 4.78 is 4.58. The normalized spacial score (nSPS) is 10.3. The number of aliphatic carboxylic acids is 1. The molecule has 1 aromatic rings. The molecule has 0 aliphatic carbocycles. The highest BCUT2D eigenvalue weighted by atomic mass is 16.5. The van der Waals surface area contributed by atoms with Crippen LogP contribution in [0.4, 0.5) is 5.82 Å². The molecule has 7 heteroatoms. The van der Waals surface area contributed by atoms with Crippen molar-refractivity contribution in [1.29, 1.82) is 0 Å². The van der Waals surface area contributed by atoms with Gasteiger partial charge in [-0.2, -0.15) is 0 Å². The van der Waals surface area contributed by atoms with Crippen LogP contribution in [0, 0.1) is 0 Å². The maximum Gasteiger partial charge on any atom is 0.358 e. The molecule has 0 fully saturated rings. The third-order valence-electron chi connectivity index (χ3n) is 2.50. The molecular weight excluding hydrogens is 250 g/mol. The molecule has 1 rings (SSSR count). The van der Waals surface area contributed by atoms with Crippen molar-refractivity contribution in [2.45, 2.75) is 26.3 Å². The monoisotopic (exact) mass is 267 g/mol. The highest BCUT2D eigenvalue weighted by molar-refractivity contribution is 5.87. The molecule has 0 aromatic carbocycles. The van der Waals surface area contributed by atoms with Gasteiger partial charge in [0.1, 0.15) is 5.82 Å². The van der Waals surface area contributed by atoms with E-state index in [4.69, 9.17) is 5.11 Å². The number of anilines is 1. The van der Waals surface area contributed by atoms with E-state index in [1.807, 2.05) is 13.8 Å². The lowest BCUT2D eigenvalue weighted by atomic mass is 10.3. The lowest BCUT2D eigenvalue weighted by Gasteiger charge is -2.27. The summed E-state index contributed by atoms with van der Waals surface area (Å²) >= 11 is 0. The zero-order valence-electron chi connectivity index (χ0n) is 11.2. The number of carboxylic acids is 1. The number of carbonyl (C=O) groups is 2. The summed E-state index contributed by atoms with van der Waals surface area (Å²) in [5, 5.41) is 8.74. The van der Waals surface area contributed by atoms with Gasteiger partial charge in [-0.05, 0) is 13.8 Å². The number of nitrogens with zero attached hydrogens (tertiary/aromatic N) is 3. The van der Waals surface area contributed by atoms with Crippen molar-refractivity contribution in [1.82, 2.24) is 9.97 Å². The summed E-state index contributed by atoms with van der Waals surface area (Å²) in [4.78, 5) is 31.9. The quantitative estimate of drug-likeness (QED) is 0.767. The molecule has 0 spiro atoms. The van der Waals surface area contributed by atoms with Gasteiger partial charge in [0.15, 0.2) is 5.69 Å². The fraction of sp³-hybridized carbons (Fsp3) is 0.500. The number of hydrogen-bond acceptors (Lipinski definition) is 6. The Morgan fingerprint density at radius 3 is 2.63 bits per heavy atom. The lowest BCUT2D eigenvalue weighted by molar-refractivity contribution is -0.136. The zero-order valence-corrected chi connectivity index (χ0v) is 11.2. The molecule has 7 nitrogen and oxygen atoms in total. The predicted octanol–water partition coefficient (Wildman–Crippen LogP) is 0.953. The number of ether oxygens (including phenoxy) is 1. The number of aromatic nitrogens is 2. The van der Waals surface area contributed by atoms with Crippen LogP contribution in [0.5, 0.6) is 0 Å². The van der Waals surface area contributed by atoms with Crippen molar-refractivity contribution in [3.63, 3.8) is 0 Å². The Hall–Kier alpha value is -2.18. The predicted molar refractivity (Wildman–Crippen MR) is 68.1 cm³/mol. The summed E-state index contributed by atoms with van der Waals surface area (Å²) in [6.45, 7) is 4.12. The van der Waals surface area contributed by atoms with Crippen LogP contribution in [0.25, 0.3) is 0 Å². The molecule has 0 saturated carbocycles. The van der Waals surface area contributed by atoms with E-state index in [2.05, 4.69) is 14.7 Å². The van der Waals surface area contributed by atoms with Crippen LogP contribution in [0.2, 0.25) is 0 Å². The highest BCUT2D eigenvalue weighted by Crippen LogP contribution is 2.14. The maximum atomic E-state index is 11.4. The Labute approximate surface area is 111 Å². The highest BCUT2D eigenvalue weighted by Gasteiger charge is 2.16. The number of carboxylic acid groups (broad SMARTS) is 1. The Balaban J connectivity index is 2.96. The van der Waals surface area contributed by atoms with Crippen LogP contribution in [-0.4, -0.2) is 46.7 Å². The van der Waals surface area contributed by atoms with E-state index >= 15 is 0 Å². The first-order valence-corrected chi connectivity index (χ1v) is 5.84. The number of hydrogen-bond donors (Lipinski definition) is 1. The molecule has 0 atom stereocenters. The molecule has 0 radical (unpaired) electrons. The van der Waals surface area contributed by atoms with E-state index in [-0.39, 0.29) is 18.2 Å². The second kappa shape index (κ2) is 6.67. The largest absolute Gasteiger partial charge is 0.481 e. The Kier molecular flexibility index (Phi) is 5.23. The van der Waals surface area contributed by atoms with E-state index in [0.717, 1.165) is 0 Å². The van der Waals surface area contributed by atoms with Crippen LogP contribution < -0.4 is 4.90 Å². The first-order valence-electron chi connectivity index (χ1n) is 5.84. The fourth-order valence-corrected chi connectivity index (χ4v) is 1.55. The molecular formula is C12H17N3O4. The molecule has 1 heterocycles. The van der Waals surface area contributed by atoms with E-state index in [9.17, 15) is 9.59 Å². The second-order valence-corrected chi connectivity index (χ2v) is 4.18. The fourth-order valence-electron chi connectivity index (χ4n) is 1.55. The average Bonchev–Trinajstić information content (AvgIpc) is 2.37. The van der Waals surface area contributed by atoms with Gasteiger partial charge >= 0.3 is 11.9 Å². The molecule has 0 aliphatic rings. The van der Waals surface area contributed by atoms with Gasteiger partial charge in [-0.1, -0.05) is 0 Å². The summed E-state index contributed by atoms with van der Waals surface area (Å²) in [5.74, 6) is -1.00. The maximum absolute atomic E-state index is 11.4. The molecule has 0 bridgehead atoms. The molecule has 19 heavy (non-hydrogen) atoms. The minimum Gasteiger partial charge on any atom is -0.481 e. The third kappa shape index (κ3) is 4.20. The van der Waals surface area contributed by atoms with Gasteiger partial charge in [-0.25, -0.2) is 9.78 Å². The molecule has 0 unspecified atom stereocenters. The lowest BCUT2D eigenvalue weighted by Crippen LogP contribution is -2.34. The summed E-state index contributed by atoms with van der Waals surface area (Å²) in [5.41, 5.74) is 0.0981. The van der Waals surface area contributed by atoms with Crippen LogP contribution in [0.3, 0.4) is 0 Å². The summed E-state index contributed by atoms with van der Waals surface area (Å²) in [7, 11) is 1.27. The Bertz CT molecular complexity index is 462. The van der Waals surface area contributed by atoms with E-state index in [1.54, 1.807) is 4.90 Å². The van der Waals surface area contributed by atoms with E-state index < -0.39 is 11.9 Å². The van der Waals surface area contributed by atoms with Crippen LogP contribution in [0.15, 0.2) is 12.4 Å². The first-order chi connectivity index (χ1) is 8.95. The van der Waals surface area contributed by atoms with Gasteiger partial charge < -0.3 is 14.7 Å². The number of rotatable bonds is 6. The molecule has 104 valence electrons. The standard InChI is InChI=1S/C12H17N3O4/c1-8(2)15(5-4-11(16)17)10-7-13-6-9(14-10)12(18)19-3/h6-8H,4-5H2,1-3H3,(H,16,17). The summed E-state index contributed by atoms with van der Waals surface area (Å²) in [6, 6.07) is 0.0431. The molecule has 1 N–H and O–H groups in total. The van der Waals surface area contributed by atoms with Gasteiger partial charge in [-0.15, -0.1) is 0 Å². The topological polar surface area (TPSA) is 92.6 Å². The zero-order chi connectivity index (χ0) is 14.4. The molecule has 0 aliphatic heterocycles. The SMILES string of the molecule is COC(=O)c1cncc(N(CCC(=O)O)C(C)C)n1. The van der Waals surface area contributed by atoms with Crippen LogP contribution >= 0.6 is 0 Å². The van der Waals surface area contributed by atoms with Gasteiger partial charge in [0.25, 0.3) is 0 Å². The summed E-state index contributed by atoms with van der Waals surface area (Å²) in [6.07, 6.45) is 2.79. The Morgan fingerprint density at radius 2 is 2.11 bits per heavy atom.